The third-order valence-corrected chi connectivity index (χ3v) is 6.78. The SMILES string of the molecule is O=C1[C@@H](Br)[C@H]2CC(CBr)C[C@@H](C2)[C@H]1Br. The Morgan fingerprint density at radius 3 is 2.00 bits per heavy atom. The lowest BCUT2D eigenvalue weighted by Gasteiger charge is -2.43. The van der Waals surface area contributed by atoms with E-state index in [4.69, 9.17) is 0 Å². The van der Waals surface area contributed by atoms with Crippen LogP contribution in [0.5, 0.6) is 0 Å². The third kappa shape index (κ3) is 1.99. The lowest BCUT2D eigenvalue weighted by atomic mass is 9.68. The molecule has 0 aromatic rings. The van der Waals surface area contributed by atoms with E-state index in [0.717, 1.165) is 11.2 Å². The van der Waals surface area contributed by atoms with E-state index in [2.05, 4.69) is 47.8 Å². The minimum Gasteiger partial charge on any atom is -0.297 e. The molecule has 0 saturated heterocycles. The van der Waals surface area contributed by atoms with Gasteiger partial charge in [0.15, 0.2) is 5.78 Å². The van der Waals surface area contributed by atoms with Crippen LogP contribution >= 0.6 is 47.8 Å². The molecule has 0 aromatic heterocycles. The van der Waals surface area contributed by atoms with Gasteiger partial charge in [0, 0.05) is 5.33 Å². The molecule has 0 aromatic carbocycles. The lowest BCUT2D eigenvalue weighted by Crippen LogP contribution is -2.46. The average Bonchev–Trinajstić information content (AvgIpc) is 2.23. The molecule has 0 aliphatic heterocycles. The third-order valence-electron chi connectivity index (χ3n) is 3.47. The first-order valence-corrected chi connectivity index (χ1v) is 7.96. The molecule has 0 heterocycles. The maximum atomic E-state index is 11.8. The van der Waals surface area contributed by atoms with Gasteiger partial charge in [0.25, 0.3) is 0 Å². The van der Waals surface area contributed by atoms with Gasteiger partial charge in [-0.1, -0.05) is 47.8 Å². The Balaban J connectivity index is 2.15. The molecule has 2 aliphatic carbocycles. The molecule has 4 heteroatoms. The van der Waals surface area contributed by atoms with Gasteiger partial charge < -0.3 is 0 Å². The molecule has 0 N–H and O–H groups in total. The van der Waals surface area contributed by atoms with Crippen molar-refractivity contribution in [3.63, 3.8) is 0 Å². The van der Waals surface area contributed by atoms with Crippen molar-refractivity contribution >= 4 is 53.6 Å². The molecule has 1 nitrogen and oxygen atoms in total. The fourth-order valence-corrected chi connectivity index (χ4v) is 5.07. The number of halogens is 3. The lowest BCUT2D eigenvalue weighted by molar-refractivity contribution is -0.122. The van der Waals surface area contributed by atoms with Crippen molar-refractivity contribution in [2.24, 2.45) is 17.8 Å². The second-order valence-corrected chi connectivity index (χ2v) is 7.07. The van der Waals surface area contributed by atoms with E-state index in [1.54, 1.807) is 0 Å². The van der Waals surface area contributed by atoms with Crippen LogP contribution in [0.1, 0.15) is 19.3 Å². The summed E-state index contributed by atoms with van der Waals surface area (Å²) in [6, 6.07) is 0. The highest BCUT2D eigenvalue weighted by molar-refractivity contribution is 9.10. The first-order chi connectivity index (χ1) is 6.63. The Kier molecular flexibility index (Phi) is 3.76. The number of ketones is 1. The van der Waals surface area contributed by atoms with E-state index in [0.29, 0.717) is 17.6 Å². The van der Waals surface area contributed by atoms with Crippen molar-refractivity contribution in [2.75, 3.05) is 5.33 Å². The van der Waals surface area contributed by atoms with Crippen molar-refractivity contribution in [3.05, 3.63) is 0 Å². The Bertz CT molecular complexity index is 220. The van der Waals surface area contributed by atoms with Gasteiger partial charge in [-0.2, -0.15) is 0 Å². The summed E-state index contributed by atoms with van der Waals surface area (Å²) < 4.78 is 0. The first-order valence-electron chi connectivity index (χ1n) is 5.01. The highest BCUT2D eigenvalue weighted by Crippen LogP contribution is 2.46. The summed E-state index contributed by atoms with van der Waals surface area (Å²) in [6.45, 7) is 0. The topological polar surface area (TPSA) is 17.1 Å². The number of hydrogen-bond acceptors (Lipinski definition) is 1. The van der Waals surface area contributed by atoms with E-state index >= 15 is 0 Å². The zero-order chi connectivity index (χ0) is 10.3. The molecule has 2 saturated carbocycles. The molecular weight excluding hydrogens is 376 g/mol. The van der Waals surface area contributed by atoms with E-state index in [9.17, 15) is 4.79 Å². The second-order valence-electron chi connectivity index (χ2n) is 4.45. The predicted octanol–water partition coefficient (Wildman–Crippen LogP) is 3.52. The summed E-state index contributed by atoms with van der Waals surface area (Å²) in [6.07, 6.45) is 3.60. The summed E-state index contributed by atoms with van der Waals surface area (Å²) in [7, 11) is 0. The van der Waals surface area contributed by atoms with Gasteiger partial charge >= 0.3 is 0 Å². The van der Waals surface area contributed by atoms with E-state index < -0.39 is 0 Å². The number of fused-ring (bicyclic) bond motifs is 2. The maximum Gasteiger partial charge on any atom is 0.160 e. The minimum absolute atomic E-state index is 0.0879. The van der Waals surface area contributed by atoms with E-state index in [1.165, 1.54) is 19.3 Å². The molecule has 80 valence electrons. The monoisotopic (exact) mass is 386 g/mol. The van der Waals surface area contributed by atoms with Gasteiger partial charge in [0.05, 0.1) is 9.65 Å². The Morgan fingerprint density at radius 1 is 1.07 bits per heavy atom. The zero-order valence-corrected chi connectivity index (χ0v) is 12.5. The van der Waals surface area contributed by atoms with Crippen LogP contribution in [-0.4, -0.2) is 20.8 Å². The molecule has 2 aliphatic rings. The molecular formula is C10H13Br3O. The molecule has 5 atom stereocenters. The largest absolute Gasteiger partial charge is 0.297 e. The quantitative estimate of drug-likeness (QED) is 0.628. The summed E-state index contributed by atoms with van der Waals surface area (Å²) in [5.41, 5.74) is 0. The van der Waals surface area contributed by atoms with Crippen molar-refractivity contribution in [3.8, 4) is 0 Å². The molecule has 0 spiro atoms. The second kappa shape index (κ2) is 4.54. The maximum absolute atomic E-state index is 11.8. The molecule has 14 heavy (non-hydrogen) atoms. The van der Waals surface area contributed by atoms with Gasteiger partial charge in [-0.05, 0) is 37.0 Å². The van der Waals surface area contributed by atoms with Crippen LogP contribution in [0, 0.1) is 17.8 Å². The van der Waals surface area contributed by atoms with Crippen molar-refractivity contribution in [1.29, 1.82) is 0 Å². The smallest absolute Gasteiger partial charge is 0.160 e. The fraction of sp³-hybridized carbons (Fsp3) is 0.900. The van der Waals surface area contributed by atoms with Crippen LogP contribution in [-0.2, 0) is 4.79 Å². The van der Waals surface area contributed by atoms with E-state index in [1.807, 2.05) is 0 Å². The fourth-order valence-electron chi connectivity index (χ4n) is 2.75. The predicted molar refractivity (Wildman–Crippen MR) is 68.6 cm³/mol. The summed E-state index contributed by atoms with van der Waals surface area (Å²) in [5, 5.41) is 1.08. The molecule has 2 bridgehead atoms. The summed E-state index contributed by atoms with van der Waals surface area (Å²) in [5.74, 6) is 2.25. The van der Waals surface area contributed by atoms with Crippen molar-refractivity contribution < 1.29 is 4.79 Å². The number of hydrogen-bond donors (Lipinski definition) is 0. The average molecular weight is 389 g/mol. The highest BCUT2D eigenvalue weighted by Gasteiger charge is 2.45. The summed E-state index contributed by atoms with van der Waals surface area (Å²) in [4.78, 5) is 12.0. The number of carbonyl (C=O) groups is 1. The van der Waals surface area contributed by atoms with Gasteiger partial charge in [-0.25, -0.2) is 0 Å². The van der Waals surface area contributed by atoms with Crippen LogP contribution < -0.4 is 0 Å². The number of Topliss-reactive ketones (excluding diaryl/α,β-unsaturated/α-hetero) is 1. The van der Waals surface area contributed by atoms with Crippen LogP contribution in [0.3, 0.4) is 0 Å². The van der Waals surface area contributed by atoms with Crippen LogP contribution in [0.25, 0.3) is 0 Å². The molecule has 2 fully saturated rings. The zero-order valence-electron chi connectivity index (χ0n) is 7.76. The van der Waals surface area contributed by atoms with Crippen LogP contribution in [0.2, 0.25) is 0 Å². The van der Waals surface area contributed by atoms with Gasteiger partial charge in [0.2, 0.25) is 0 Å². The number of alkyl halides is 3. The van der Waals surface area contributed by atoms with Crippen molar-refractivity contribution in [2.45, 2.75) is 28.9 Å². The Hall–Kier alpha value is 1.11. The van der Waals surface area contributed by atoms with Gasteiger partial charge in [0.1, 0.15) is 0 Å². The Morgan fingerprint density at radius 2 is 1.57 bits per heavy atom. The molecule has 1 unspecified atom stereocenters. The van der Waals surface area contributed by atoms with Crippen molar-refractivity contribution in [1.82, 2.24) is 0 Å². The van der Waals surface area contributed by atoms with Gasteiger partial charge in [-0.15, -0.1) is 0 Å². The molecule has 2 rings (SSSR count). The highest BCUT2D eigenvalue weighted by atomic mass is 79.9. The summed E-state index contributed by atoms with van der Waals surface area (Å²) >= 11 is 10.6. The normalized spacial score (nSPS) is 47.9. The Labute approximate surface area is 110 Å². The number of rotatable bonds is 1. The molecule has 0 radical (unpaired) electrons. The van der Waals surface area contributed by atoms with Crippen LogP contribution in [0.4, 0.5) is 0 Å². The van der Waals surface area contributed by atoms with E-state index in [-0.39, 0.29) is 9.65 Å². The van der Waals surface area contributed by atoms with Crippen LogP contribution in [0.15, 0.2) is 0 Å². The molecule has 0 amide bonds. The first kappa shape index (κ1) is 11.6. The number of carbonyl (C=O) groups excluding carboxylic acids is 1. The standard InChI is InChI=1S/C10H13Br3O/c11-4-5-1-6-3-7(2-5)9(13)10(14)8(6)12/h5-9H,1-4H2/t5?,6-,7-,8-,9+/m0/s1. The minimum atomic E-state index is 0.0879. The van der Waals surface area contributed by atoms with Gasteiger partial charge in [-0.3, -0.25) is 4.79 Å².